The van der Waals surface area contributed by atoms with Crippen LogP contribution in [0.5, 0.6) is 5.75 Å². The maximum atomic E-state index is 11.1. The van der Waals surface area contributed by atoms with Crippen molar-refractivity contribution >= 4 is 16.9 Å². The number of aromatic nitrogens is 1. The lowest BCUT2D eigenvalue weighted by Crippen LogP contribution is -1.99. The van der Waals surface area contributed by atoms with Gasteiger partial charge in [0.15, 0.2) is 23.2 Å². The van der Waals surface area contributed by atoms with Crippen LogP contribution in [-0.4, -0.2) is 17.9 Å². The molecule has 0 fully saturated rings. The molecule has 0 atom stereocenters. The van der Waals surface area contributed by atoms with E-state index >= 15 is 0 Å². The SMILES string of the molecule is COc1c(CC(C)=O)ccc2ocnc12. The number of hydrogen-bond donors (Lipinski definition) is 0. The molecule has 0 bridgehead atoms. The molecule has 4 nitrogen and oxygen atoms in total. The second-order valence-electron chi connectivity index (χ2n) is 3.34. The van der Waals surface area contributed by atoms with E-state index in [4.69, 9.17) is 9.15 Å². The van der Waals surface area contributed by atoms with E-state index in [1.54, 1.807) is 20.1 Å². The number of carbonyl (C=O) groups excluding carboxylic acids is 1. The van der Waals surface area contributed by atoms with Crippen LogP contribution in [0.1, 0.15) is 12.5 Å². The van der Waals surface area contributed by atoms with E-state index in [0.29, 0.717) is 23.3 Å². The number of fused-ring (bicyclic) bond motifs is 1. The van der Waals surface area contributed by atoms with E-state index in [-0.39, 0.29) is 5.78 Å². The molecule has 78 valence electrons. The fraction of sp³-hybridized carbons (Fsp3) is 0.273. The summed E-state index contributed by atoms with van der Waals surface area (Å²) < 4.78 is 10.4. The van der Waals surface area contributed by atoms with Gasteiger partial charge in [0.05, 0.1) is 7.11 Å². The highest BCUT2D eigenvalue weighted by Crippen LogP contribution is 2.28. The second-order valence-corrected chi connectivity index (χ2v) is 3.34. The fourth-order valence-corrected chi connectivity index (χ4v) is 1.58. The molecule has 0 radical (unpaired) electrons. The van der Waals surface area contributed by atoms with Crippen molar-refractivity contribution < 1.29 is 13.9 Å². The molecule has 0 aliphatic heterocycles. The zero-order valence-corrected chi connectivity index (χ0v) is 8.61. The van der Waals surface area contributed by atoms with Crippen molar-refractivity contribution in [3.8, 4) is 5.75 Å². The van der Waals surface area contributed by atoms with Crippen LogP contribution in [0.25, 0.3) is 11.1 Å². The average Bonchev–Trinajstić information content (AvgIpc) is 2.64. The Bertz CT molecular complexity index is 502. The average molecular weight is 205 g/mol. The molecule has 0 saturated heterocycles. The van der Waals surface area contributed by atoms with Gasteiger partial charge in [-0.3, -0.25) is 4.79 Å². The summed E-state index contributed by atoms with van der Waals surface area (Å²) in [6.45, 7) is 1.55. The third kappa shape index (κ3) is 1.70. The maximum Gasteiger partial charge on any atom is 0.182 e. The van der Waals surface area contributed by atoms with Gasteiger partial charge in [0.1, 0.15) is 5.78 Å². The van der Waals surface area contributed by atoms with Gasteiger partial charge in [-0.25, -0.2) is 4.98 Å². The van der Waals surface area contributed by atoms with Gasteiger partial charge in [0.25, 0.3) is 0 Å². The van der Waals surface area contributed by atoms with Crippen LogP contribution in [-0.2, 0) is 11.2 Å². The van der Waals surface area contributed by atoms with E-state index < -0.39 is 0 Å². The normalized spacial score (nSPS) is 10.5. The Morgan fingerprint density at radius 3 is 3.00 bits per heavy atom. The molecule has 0 saturated carbocycles. The summed E-state index contributed by atoms with van der Waals surface area (Å²) in [5.41, 5.74) is 2.17. The van der Waals surface area contributed by atoms with Crippen LogP contribution in [0.2, 0.25) is 0 Å². The lowest BCUT2D eigenvalue weighted by Gasteiger charge is -2.06. The maximum absolute atomic E-state index is 11.1. The summed E-state index contributed by atoms with van der Waals surface area (Å²) in [5.74, 6) is 0.715. The molecule has 2 rings (SSSR count). The topological polar surface area (TPSA) is 52.3 Å². The first-order valence-electron chi connectivity index (χ1n) is 4.61. The Morgan fingerprint density at radius 1 is 1.53 bits per heavy atom. The van der Waals surface area contributed by atoms with E-state index in [0.717, 1.165) is 5.56 Å². The molecular weight excluding hydrogens is 194 g/mol. The third-order valence-corrected chi connectivity index (χ3v) is 2.18. The number of ether oxygens (including phenoxy) is 1. The standard InChI is InChI=1S/C11H11NO3/c1-7(13)5-8-3-4-9-10(11(8)14-2)12-6-15-9/h3-4,6H,5H2,1-2H3. The van der Waals surface area contributed by atoms with Gasteiger partial charge < -0.3 is 9.15 Å². The molecule has 0 unspecified atom stereocenters. The van der Waals surface area contributed by atoms with Crippen molar-refractivity contribution in [2.45, 2.75) is 13.3 Å². The Balaban J connectivity index is 2.58. The molecule has 0 aliphatic carbocycles. The third-order valence-electron chi connectivity index (χ3n) is 2.18. The first kappa shape index (κ1) is 9.71. The Morgan fingerprint density at radius 2 is 2.33 bits per heavy atom. The quantitative estimate of drug-likeness (QED) is 0.768. The molecule has 15 heavy (non-hydrogen) atoms. The van der Waals surface area contributed by atoms with Crippen LogP contribution in [0.4, 0.5) is 0 Å². The number of carbonyl (C=O) groups is 1. The smallest absolute Gasteiger partial charge is 0.182 e. The predicted octanol–water partition coefficient (Wildman–Crippen LogP) is 1.97. The van der Waals surface area contributed by atoms with Crippen LogP contribution >= 0.6 is 0 Å². The zero-order valence-electron chi connectivity index (χ0n) is 8.61. The largest absolute Gasteiger partial charge is 0.494 e. The van der Waals surface area contributed by atoms with E-state index in [2.05, 4.69) is 4.98 Å². The van der Waals surface area contributed by atoms with Crippen molar-refractivity contribution in [3.63, 3.8) is 0 Å². The van der Waals surface area contributed by atoms with Crippen molar-refractivity contribution in [2.24, 2.45) is 0 Å². The van der Waals surface area contributed by atoms with Crippen LogP contribution in [0, 0.1) is 0 Å². The first-order valence-corrected chi connectivity index (χ1v) is 4.61. The number of methoxy groups -OCH3 is 1. The lowest BCUT2D eigenvalue weighted by atomic mass is 10.1. The van der Waals surface area contributed by atoms with Crippen molar-refractivity contribution in [1.82, 2.24) is 4.98 Å². The molecule has 4 heteroatoms. The highest BCUT2D eigenvalue weighted by Gasteiger charge is 2.12. The van der Waals surface area contributed by atoms with Crippen LogP contribution in [0.15, 0.2) is 22.9 Å². The molecule has 0 aliphatic rings. The van der Waals surface area contributed by atoms with Crippen molar-refractivity contribution in [1.29, 1.82) is 0 Å². The van der Waals surface area contributed by atoms with E-state index in [9.17, 15) is 4.79 Å². The molecule has 1 heterocycles. The van der Waals surface area contributed by atoms with Gasteiger partial charge >= 0.3 is 0 Å². The highest BCUT2D eigenvalue weighted by atomic mass is 16.5. The summed E-state index contributed by atoms with van der Waals surface area (Å²) in [6.07, 6.45) is 1.72. The molecular formula is C11H11NO3. The number of benzene rings is 1. The fourth-order valence-electron chi connectivity index (χ4n) is 1.58. The van der Waals surface area contributed by atoms with Gasteiger partial charge in [0.2, 0.25) is 0 Å². The number of ketones is 1. The Kier molecular flexibility index (Phi) is 2.41. The molecule has 0 amide bonds. The van der Waals surface area contributed by atoms with Gasteiger partial charge in [-0.1, -0.05) is 6.07 Å². The lowest BCUT2D eigenvalue weighted by molar-refractivity contribution is -0.116. The van der Waals surface area contributed by atoms with E-state index in [1.165, 1.54) is 6.39 Å². The van der Waals surface area contributed by atoms with Crippen LogP contribution < -0.4 is 4.74 Å². The summed E-state index contributed by atoms with van der Waals surface area (Å²) in [4.78, 5) is 15.1. The first-order chi connectivity index (χ1) is 7.22. The minimum Gasteiger partial charge on any atom is -0.494 e. The summed E-state index contributed by atoms with van der Waals surface area (Å²) in [5, 5.41) is 0. The summed E-state index contributed by atoms with van der Waals surface area (Å²) >= 11 is 0. The summed E-state index contributed by atoms with van der Waals surface area (Å²) in [7, 11) is 1.56. The molecule has 0 spiro atoms. The zero-order chi connectivity index (χ0) is 10.8. The molecule has 1 aromatic carbocycles. The minimum absolute atomic E-state index is 0.0937. The van der Waals surface area contributed by atoms with Crippen molar-refractivity contribution in [2.75, 3.05) is 7.11 Å². The van der Waals surface area contributed by atoms with Gasteiger partial charge in [-0.05, 0) is 13.0 Å². The molecule has 2 aromatic rings. The van der Waals surface area contributed by atoms with Gasteiger partial charge in [-0.2, -0.15) is 0 Å². The van der Waals surface area contributed by atoms with Gasteiger partial charge in [0, 0.05) is 12.0 Å². The number of rotatable bonds is 3. The molecule has 1 aromatic heterocycles. The predicted molar refractivity (Wildman–Crippen MR) is 54.9 cm³/mol. The highest BCUT2D eigenvalue weighted by molar-refractivity contribution is 5.85. The number of hydrogen-bond acceptors (Lipinski definition) is 4. The van der Waals surface area contributed by atoms with Gasteiger partial charge in [-0.15, -0.1) is 0 Å². The number of nitrogens with zero attached hydrogens (tertiary/aromatic N) is 1. The Labute approximate surface area is 86.9 Å². The monoisotopic (exact) mass is 205 g/mol. The Hall–Kier alpha value is -1.84. The van der Waals surface area contributed by atoms with Crippen LogP contribution in [0.3, 0.4) is 0 Å². The van der Waals surface area contributed by atoms with Crippen molar-refractivity contribution in [3.05, 3.63) is 24.1 Å². The number of oxazole rings is 1. The molecule has 0 N–H and O–H groups in total. The second kappa shape index (κ2) is 3.73. The van der Waals surface area contributed by atoms with E-state index in [1.807, 2.05) is 6.07 Å². The summed E-state index contributed by atoms with van der Waals surface area (Å²) in [6, 6.07) is 3.62. The number of Topliss-reactive ketones (excluding diaryl/α,β-unsaturated/α-hetero) is 1. The minimum atomic E-state index is 0.0937.